The highest BCUT2D eigenvalue weighted by atomic mass is 16.5. The first-order chi connectivity index (χ1) is 13.8. The highest BCUT2D eigenvalue weighted by Crippen LogP contribution is 2.41. The van der Waals surface area contributed by atoms with Crippen LogP contribution in [0, 0.1) is 0 Å². The molecule has 4 nitrogen and oxygen atoms in total. The first kappa shape index (κ1) is 16.8. The van der Waals surface area contributed by atoms with Crippen molar-refractivity contribution in [3.05, 3.63) is 90.0 Å². The van der Waals surface area contributed by atoms with Gasteiger partial charge in [0, 0.05) is 35.1 Å². The number of fused-ring (bicyclic) bond motifs is 2. The summed E-state index contributed by atoms with van der Waals surface area (Å²) in [5.41, 5.74) is 6.02. The first-order valence-corrected chi connectivity index (χ1v) is 9.49. The molecule has 140 valence electrons. The van der Waals surface area contributed by atoms with Crippen LogP contribution < -0.4 is 19.3 Å². The molecular weight excluding hydrogens is 348 g/mol. The van der Waals surface area contributed by atoms with E-state index in [1.54, 1.807) is 7.11 Å². The summed E-state index contributed by atoms with van der Waals surface area (Å²) < 4.78 is 11.6. The molecule has 2 aliphatic heterocycles. The van der Waals surface area contributed by atoms with Crippen LogP contribution in [-0.4, -0.2) is 26.9 Å². The summed E-state index contributed by atoms with van der Waals surface area (Å²) in [4.78, 5) is 4.76. The molecule has 0 spiro atoms. The molecule has 4 heteroatoms. The second kappa shape index (κ2) is 6.97. The van der Waals surface area contributed by atoms with Crippen LogP contribution in [0.5, 0.6) is 11.5 Å². The minimum absolute atomic E-state index is 0.607. The lowest BCUT2D eigenvalue weighted by Gasteiger charge is -2.43. The molecule has 0 unspecified atom stereocenters. The van der Waals surface area contributed by atoms with E-state index in [2.05, 4.69) is 64.4 Å². The Bertz CT molecular complexity index is 1030. The number of hydrogen-bond acceptors (Lipinski definition) is 4. The van der Waals surface area contributed by atoms with E-state index in [4.69, 9.17) is 9.47 Å². The summed E-state index contributed by atoms with van der Waals surface area (Å²) in [7, 11) is 1.71. The van der Waals surface area contributed by atoms with Crippen molar-refractivity contribution >= 4 is 17.1 Å². The molecule has 0 aromatic heterocycles. The summed E-state index contributed by atoms with van der Waals surface area (Å²) in [6.45, 7) is 2.23. The van der Waals surface area contributed by atoms with Crippen molar-refractivity contribution in [1.29, 1.82) is 0 Å². The second-order valence-corrected chi connectivity index (χ2v) is 7.04. The number of para-hydroxylation sites is 2. The van der Waals surface area contributed by atoms with E-state index in [0.717, 1.165) is 36.0 Å². The smallest absolute Gasteiger partial charge is 0.129 e. The maximum Gasteiger partial charge on any atom is 0.129 e. The fraction of sp³-hybridized carbons (Fsp3) is 0.167. The van der Waals surface area contributed by atoms with Crippen molar-refractivity contribution in [2.75, 3.05) is 36.7 Å². The van der Waals surface area contributed by atoms with Gasteiger partial charge in [-0.15, -0.1) is 0 Å². The Balaban J connectivity index is 1.64. The standard InChI is InChI=1S/C24H22N2O2/c1-27-21-11-7-10-20(14-21)26-17-25(19-8-3-2-4-9-19)15-18-16-28-23-13-6-5-12-22(23)24(18)26/h2-14H,15-17H2,1H3. The average molecular weight is 370 g/mol. The zero-order chi connectivity index (χ0) is 18.9. The number of benzene rings is 3. The van der Waals surface area contributed by atoms with Gasteiger partial charge in [0.05, 0.1) is 19.5 Å². The zero-order valence-corrected chi connectivity index (χ0v) is 15.8. The van der Waals surface area contributed by atoms with Gasteiger partial charge in [-0.05, 0) is 36.4 Å². The van der Waals surface area contributed by atoms with Crippen LogP contribution in [0.25, 0.3) is 5.70 Å². The Kier molecular flexibility index (Phi) is 4.17. The van der Waals surface area contributed by atoms with Crippen LogP contribution in [0.2, 0.25) is 0 Å². The fourth-order valence-electron chi connectivity index (χ4n) is 3.99. The van der Waals surface area contributed by atoms with Gasteiger partial charge in [-0.2, -0.15) is 0 Å². The van der Waals surface area contributed by atoms with Crippen LogP contribution in [-0.2, 0) is 0 Å². The normalized spacial score (nSPS) is 15.6. The number of anilines is 2. The van der Waals surface area contributed by atoms with Crippen molar-refractivity contribution in [1.82, 2.24) is 0 Å². The highest BCUT2D eigenvalue weighted by Gasteiger charge is 2.32. The van der Waals surface area contributed by atoms with Gasteiger partial charge in [0.25, 0.3) is 0 Å². The number of hydrogen-bond donors (Lipinski definition) is 0. The largest absolute Gasteiger partial charge is 0.497 e. The quantitative estimate of drug-likeness (QED) is 0.662. The molecular formula is C24H22N2O2. The molecule has 0 N–H and O–H groups in total. The fourth-order valence-corrected chi connectivity index (χ4v) is 3.99. The van der Waals surface area contributed by atoms with Gasteiger partial charge in [0.1, 0.15) is 18.1 Å². The van der Waals surface area contributed by atoms with Crippen LogP contribution >= 0.6 is 0 Å². The van der Waals surface area contributed by atoms with E-state index in [1.807, 2.05) is 24.3 Å². The monoisotopic (exact) mass is 370 g/mol. The van der Waals surface area contributed by atoms with E-state index in [9.17, 15) is 0 Å². The molecule has 3 aromatic rings. The van der Waals surface area contributed by atoms with Crippen molar-refractivity contribution in [2.24, 2.45) is 0 Å². The van der Waals surface area contributed by atoms with Crippen molar-refractivity contribution in [3.63, 3.8) is 0 Å². The van der Waals surface area contributed by atoms with E-state index < -0.39 is 0 Å². The number of ether oxygens (including phenoxy) is 2. The second-order valence-electron chi connectivity index (χ2n) is 7.04. The Hall–Kier alpha value is -3.40. The van der Waals surface area contributed by atoms with Gasteiger partial charge in [0.15, 0.2) is 0 Å². The number of rotatable bonds is 3. The highest BCUT2D eigenvalue weighted by molar-refractivity contribution is 5.87. The molecule has 0 saturated carbocycles. The summed E-state index contributed by atoms with van der Waals surface area (Å²) in [5.74, 6) is 1.80. The van der Waals surface area contributed by atoms with Crippen LogP contribution in [0.3, 0.4) is 0 Å². The lowest BCUT2D eigenvalue weighted by atomic mass is 9.98. The van der Waals surface area contributed by atoms with Gasteiger partial charge in [-0.1, -0.05) is 36.4 Å². The van der Waals surface area contributed by atoms with Crippen molar-refractivity contribution in [2.45, 2.75) is 0 Å². The molecule has 3 aromatic carbocycles. The summed E-state index contributed by atoms with van der Waals surface area (Å²) >= 11 is 0. The Morgan fingerprint density at radius 3 is 2.50 bits per heavy atom. The SMILES string of the molecule is COc1cccc(N2CN(c3ccccc3)CC3=C2c2ccccc2OC3)c1. The third-order valence-electron chi connectivity index (χ3n) is 5.33. The Morgan fingerprint density at radius 2 is 1.64 bits per heavy atom. The molecule has 0 aliphatic carbocycles. The summed E-state index contributed by atoms with van der Waals surface area (Å²) in [6, 6.07) is 27.1. The lowest BCUT2D eigenvalue weighted by molar-refractivity contribution is 0.340. The minimum atomic E-state index is 0.607. The topological polar surface area (TPSA) is 24.9 Å². The van der Waals surface area contributed by atoms with E-state index in [-0.39, 0.29) is 0 Å². The first-order valence-electron chi connectivity index (χ1n) is 9.49. The van der Waals surface area contributed by atoms with Gasteiger partial charge >= 0.3 is 0 Å². The molecule has 0 atom stereocenters. The molecule has 0 fully saturated rings. The third kappa shape index (κ3) is 2.87. The molecule has 2 heterocycles. The van der Waals surface area contributed by atoms with E-state index in [0.29, 0.717) is 6.61 Å². The minimum Gasteiger partial charge on any atom is -0.497 e. The number of nitrogens with zero attached hydrogens (tertiary/aromatic N) is 2. The van der Waals surface area contributed by atoms with E-state index >= 15 is 0 Å². The van der Waals surface area contributed by atoms with Crippen molar-refractivity contribution < 1.29 is 9.47 Å². The predicted octanol–water partition coefficient (Wildman–Crippen LogP) is 4.78. The maximum absolute atomic E-state index is 6.07. The van der Waals surface area contributed by atoms with E-state index in [1.165, 1.54) is 17.0 Å². The molecule has 28 heavy (non-hydrogen) atoms. The lowest BCUT2D eigenvalue weighted by Crippen LogP contribution is -2.45. The van der Waals surface area contributed by atoms with Crippen LogP contribution in [0.1, 0.15) is 5.56 Å². The predicted molar refractivity (Wildman–Crippen MR) is 113 cm³/mol. The molecule has 0 bridgehead atoms. The molecule has 2 aliphatic rings. The maximum atomic E-state index is 6.07. The number of methoxy groups -OCH3 is 1. The van der Waals surface area contributed by atoms with Gasteiger partial charge in [-0.25, -0.2) is 0 Å². The van der Waals surface area contributed by atoms with Gasteiger partial charge < -0.3 is 19.3 Å². The summed E-state index contributed by atoms with van der Waals surface area (Å²) in [6.07, 6.45) is 0. The van der Waals surface area contributed by atoms with Gasteiger partial charge in [0.2, 0.25) is 0 Å². The molecule has 0 saturated heterocycles. The zero-order valence-electron chi connectivity index (χ0n) is 15.8. The average Bonchev–Trinajstić information content (AvgIpc) is 2.78. The van der Waals surface area contributed by atoms with Crippen molar-refractivity contribution in [3.8, 4) is 11.5 Å². The van der Waals surface area contributed by atoms with Gasteiger partial charge in [-0.3, -0.25) is 0 Å². The molecule has 0 radical (unpaired) electrons. The Morgan fingerprint density at radius 1 is 0.857 bits per heavy atom. The van der Waals surface area contributed by atoms with Crippen LogP contribution in [0.15, 0.2) is 84.4 Å². The Labute approximate surface area is 165 Å². The third-order valence-corrected chi connectivity index (χ3v) is 5.33. The van der Waals surface area contributed by atoms with Crippen LogP contribution in [0.4, 0.5) is 11.4 Å². The molecule has 5 rings (SSSR count). The summed E-state index contributed by atoms with van der Waals surface area (Å²) in [5, 5.41) is 0. The molecule has 0 amide bonds.